The van der Waals surface area contributed by atoms with Crippen molar-refractivity contribution in [3.8, 4) is 5.75 Å². The Balaban J connectivity index is 1.73. The van der Waals surface area contributed by atoms with Gasteiger partial charge >= 0.3 is 0 Å². The number of benzene rings is 1. The maximum atomic E-state index is 9.14. The highest BCUT2D eigenvalue weighted by Crippen LogP contribution is 2.17. The predicted molar refractivity (Wildman–Crippen MR) is 81.5 cm³/mol. The SMILES string of the molecule is OCCN(CCOc1cccc(Cl)c1)CC1CCCN1. The third kappa shape index (κ3) is 5.29. The highest BCUT2D eigenvalue weighted by molar-refractivity contribution is 6.30. The fourth-order valence-electron chi connectivity index (χ4n) is 2.51. The molecule has 2 rings (SSSR count). The number of aliphatic hydroxyl groups is 1. The molecule has 5 heteroatoms. The second kappa shape index (κ2) is 8.47. The smallest absolute Gasteiger partial charge is 0.120 e. The lowest BCUT2D eigenvalue weighted by molar-refractivity contribution is 0.159. The second-order valence-electron chi connectivity index (χ2n) is 5.12. The van der Waals surface area contributed by atoms with Gasteiger partial charge in [-0.05, 0) is 37.6 Å². The molecule has 2 N–H and O–H groups in total. The first kappa shape index (κ1) is 15.6. The van der Waals surface area contributed by atoms with Gasteiger partial charge in [0.2, 0.25) is 0 Å². The average Bonchev–Trinajstić information content (AvgIpc) is 2.92. The van der Waals surface area contributed by atoms with E-state index in [2.05, 4.69) is 10.2 Å². The predicted octanol–water partition coefficient (Wildman–Crippen LogP) is 1.77. The van der Waals surface area contributed by atoms with Crippen molar-refractivity contribution in [2.24, 2.45) is 0 Å². The minimum absolute atomic E-state index is 0.184. The first-order valence-corrected chi connectivity index (χ1v) is 7.60. The molecule has 0 saturated carbocycles. The Morgan fingerprint density at radius 2 is 2.30 bits per heavy atom. The van der Waals surface area contributed by atoms with Crippen molar-refractivity contribution in [1.29, 1.82) is 0 Å². The molecule has 1 saturated heterocycles. The number of ether oxygens (including phenoxy) is 1. The highest BCUT2D eigenvalue weighted by atomic mass is 35.5. The largest absolute Gasteiger partial charge is 0.492 e. The Kier molecular flexibility index (Phi) is 6.60. The van der Waals surface area contributed by atoms with Crippen LogP contribution in [0.4, 0.5) is 0 Å². The van der Waals surface area contributed by atoms with Crippen molar-refractivity contribution in [2.45, 2.75) is 18.9 Å². The van der Waals surface area contributed by atoms with Gasteiger partial charge in [-0.3, -0.25) is 4.90 Å². The second-order valence-corrected chi connectivity index (χ2v) is 5.56. The van der Waals surface area contributed by atoms with Gasteiger partial charge in [-0.2, -0.15) is 0 Å². The van der Waals surface area contributed by atoms with Crippen LogP contribution in [0.2, 0.25) is 5.02 Å². The molecule has 1 atom stereocenters. The topological polar surface area (TPSA) is 44.7 Å². The Bertz CT molecular complexity index is 397. The van der Waals surface area contributed by atoms with Gasteiger partial charge in [-0.1, -0.05) is 17.7 Å². The van der Waals surface area contributed by atoms with Crippen LogP contribution in [-0.4, -0.2) is 55.4 Å². The molecule has 0 radical (unpaired) electrons. The minimum atomic E-state index is 0.184. The van der Waals surface area contributed by atoms with Gasteiger partial charge in [0, 0.05) is 30.7 Å². The van der Waals surface area contributed by atoms with Crippen molar-refractivity contribution in [3.05, 3.63) is 29.3 Å². The lowest BCUT2D eigenvalue weighted by Crippen LogP contribution is -2.40. The molecule has 0 spiro atoms. The Morgan fingerprint density at radius 1 is 1.40 bits per heavy atom. The van der Waals surface area contributed by atoms with Gasteiger partial charge in [0.15, 0.2) is 0 Å². The first-order chi connectivity index (χ1) is 9.78. The molecule has 20 heavy (non-hydrogen) atoms. The summed E-state index contributed by atoms with van der Waals surface area (Å²) in [4.78, 5) is 2.24. The summed E-state index contributed by atoms with van der Waals surface area (Å²) in [6, 6.07) is 7.98. The quantitative estimate of drug-likeness (QED) is 0.768. The van der Waals surface area contributed by atoms with E-state index in [-0.39, 0.29) is 6.61 Å². The Morgan fingerprint density at radius 3 is 3.00 bits per heavy atom. The minimum Gasteiger partial charge on any atom is -0.492 e. The van der Waals surface area contributed by atoms with E-state index in [0.29, 0.717) is 24.2 Å². The van der Waals surface area contributed by atoms with E-state index in [4.69, 9.17) is 21.4 Å². The summed E-state index contributed by atoms with van der Waals surface area (Å²) in [5.74, 6) is 0.792. The van der Waals surface area contributed by atoms with E-state index in [9.17, 15) is 0 Å². The molecule has 1 aliphatic heterocycles. The third-order valence-electron chi connectivity index (χ3n) is 3.53. The van der Waals surface area contributed by atoms with E-state index in [1.54, 1.807) is 0 Å². The molecule has 0 bridgehead atoms. The molecule has 1 heterocycles. The molecule has 4 nitrogen and oxygen atoms in total. The maximum Gasteiger partial charge on any atom is 0.120 e. The van der Waals surface area contributed by atoms with Crippen LogP contribution in [0, 0.1) is 0 Å². The van der Waals surface area contributed by atoms with Gasteiger partial charge < -0.3 is 15.2 Å². The van der Waals surface area contributed by atoms with E-state index >= 15 is 0 Å². The number of hydrogen-bond acceptors (Lipinski definition) is 4. The van der Waals surface area contributed by atoms with Crippen LogP contribution in [-0.2, 0) is 0 Å². The lowest BCUT2D eigenvalue weighted by atomic mass is 10.2. The van der Waals surface area contributed by atoms with Crippen molar-refractivity contribution < 1.29 is 9.84 Å². The van der Waals surface area contributed by atoms with Gasteiger partial charge in [0.25, 0.3) is 0 Å². The summed E-state index contributed by atoms with van der Waals surface area (Å²) in [5.41, 5.74) is 0. The number of halogens is 1. The summed E-state index contributed by atoms with van der Waals surface area (Å²) >= 11 is 5.92. The fraction of sp³-hybridized carbons (Fsp3) is 0.600. The summed E-state index contributed by atoms with van der Waals surface area (Å²) in [7, 11) is 0. The molecule has 0 aromatic heterocycles. The lowest BCUT2D eigenvalue weighted by Gasteiger charge is -2.24. The van der Waals surface area contributed by atoms with Gasteiger partial charge in [0.1, 0.15) is 12.4 Å². The number of aliphatic hydroxyl groups excluding tert-OH is 1. The van der Waals surface area contributed by atoms with Gasteiger partial charge in [-0.15, -0.1) is 0 Å². The van der Waals surface area contributed by atoms with Gasteiger partial charge in [-0.25, -0.2) is 0 Å². The van der Waals surface area contributed by atoms with Crippen LogP contribution in [0.5, 0.6) is 5.75 Å². The zero-order valence-electron chi connectivity index (χ0n) is 11.7. The normalized spacial score (nSPS) is 18.6. The maximum absolute atomic E-state index is 9.14. The monoisotopic (exact) mass is 298 g/mol. The van der Waals surface area contributed by atoms with Crippen molar-refractivity contribution in [2.75, 3.05) is 39.4 Å². The standard InChI is InChI=1S/C15H23ClN2O2/c16-13-3-1-5-15(11-13)20-10-8-18(7-9-19)12-14-4-2-6-17-14/h1,3,5,11,14,17,19H,2,4,6-10,12H2. The van der Waals surface area contributed by atoms with E-state index in [0.717, 1.165) is 25.4 Å². The summed E-state index contributed by atoms with van der Waals surface area (Å²) in [6.07, 6.45) is 2.47. The van der Waals surface area contributed by atoms with Crippen molar-refractivity contribution >= 4 is 11.6 Å². The molecule has 112 valence electrons. The fourth-order valence-corrected chi connectivity index (χ4v) is 2.69. The first-order valence-electron chi connectivity index (χ1n) is 7.23. The molecule has 1 unspecified atom stereocenters. The number of hydrogen-bond donors (Lipinski definition) is 2. The highest BCUT2D eigenvalue weighted by Gasteiger charge is 2.17. The van der Waals surface area contributed by atoms with Crippen LogP contribution in [0.15, 0.2) is 24.3 Å². The van der Waals surface area contributed by atoms with Crippen molar-refractivity contribution in [3.63, 3.8) is 0 Å². The van der Waals surface area contributed by atoms with Crippen LogP contribution in [0.1, 0.15) is 12.8 Å². The molecule has 1 aliphatic rings. The van der Waals surface area contributed by atoms with Crippen LogP contribution < -0.4 is 10.1 Å². The molecular weight excluding hydrogens is 276 g/mol. The summed E-state index contributed by atoms with van der Waals surface area (Å²) in [5, 5.41) is 13.3. The Labute approximate surface area is 125 Å². The van der Waals surface area contributed by atoms with E-state index in [1.807, 2.05) is 24.3 Å². The summed E-state index contributed by atoms with van der Waals surface area (Å²) in [6.45, 7) is 4.37. The van der Waals surface area contributed by atoms with E-state index in [1.165, 1.54) is 12.8 Å². The number of nitrogens with one attached hydrogen (secondary N) is 1. The molecule has 1 fully saturated rings. The summed E-state index contributed by atoms with van der Waals surface area (Å²) < 4.78 is 5.70. The molecule has 1 aromatic carbocycles. The van der Waals surface area contributed by atoms with Crippen LogP contribution >= 0.6 is 11.6 Å². The van der Waals surface area contributed by atoms with E-state index < -0.39 is 0 Å². The average molecular weight is 299 g/mol. The number of nitrogens with zero attached hydrogens (tertiary/aromatic N) is 1. The Hall–Kier alpha value is -0.810. The third-order valence-corrected chi connectivity index (χ3v) is 3.76. The molecular formula is C15H23ClN2O2. The molecule has 0 amide bonds. The van der Waals surface area contributed by atoms with Gasteiger partial charge in [0.05, 0.1) is 6.61 Å². The van der Waals surface area contributed by atoms with Crippen molar-refractivity contribution in [1.82, 2.24) is 10.2 Å². The van der Waals surface area contributed by atoms with Crippen LogP contribution in [0.25, 0.3) is 0 Å². The van der Waals surface area contributed by atoms with Crippen LogP contribution in [0.3, 0.4) is 0 Å². The number of rotatable bonds is 8. The molecule has 1 aromatic rings. The zero-order chi connectivity index (χ0) is 14.2. The zero-order valence-corrected chi connectivity index (χ0v) is 12.5. The molecule has 0 aliphatic carbocycles.